The van der Waals surface area contributed by atoms with Crippen molar-refractivity contribution in [1.29, 1.82) is 0 Å². The largest absolute Gasteiger partial charge is 0.381 e. The minimum Gasteiger partial charge on any atom is -0.381 e. The van der Waals surface area contributed by atoms with Crippen molar-refractivity contribution in [2.45, 2.75) is 32.4 Å². The quantitative estimate of drug-likeness (QED) is 0.606. The number of hydrogen-bond donors (Lipinski definition) is 1. The fraction of sp³-hybridized carbons (Fsp3) is 0.632. The van der Waals surface area contributed by atoms with E-state index in [0.717, 1.165) is 56.5 Å². The molecule has 1 fully saturated rings. The Labute approximate surface area is 150 Å². The molecule has 2 rings (SSSR count). The topological polar surface area (TPSA) is 46.1 Å². The van der Waals surface area contributed by atoms with Gasteiger partial charge in [0.05, 0.1) is 6.61 Å². The summed E-state index contributed by atoms with van der Waals surface area (Å²) in [5.74, 6) is 1.36. The average molecular weight is 351 g/mol. The molecule has 0 amide bonds. The van der Waals surface area contributed by atoms with Crippen LogP contribution in [0.25, 0.3) is 0 Å². The van der Waals surface area contributed by atoms with Gasteiger partial charge in [-0.15, -0.1) is 0 Å². The van der Waals surface area contributed by atoms with Gasteiger partial charge in [0.15, 0.2) is 5.96 Å². The molecule has 1 aromatic carbocycles. The molecule has 0 spiro atoms. The Morgan fingerprint density at radius 1 is 1.40 bits per heavy atom. The normalized spacial score (nSPS) is 16.1. The Kier molecular flexibility index (Phi) is 8.15. The van der Waals surface area contributed by atoms with Gasteiger partial charge < -0.3 is 19.7 Å². The maximum atomic E-state index is 13.7. The zero-order chi connectivity index (χ0) is 18.1. The average Bonchev–Trinajstić information content (AvgIpc) is 2.64. The number of benzene rings is 1. The van der Waals surface area contributed by atoms with E-state index in [2.05, 4.69) is 22.3 Å². The van der Waals surface area contributed by atoms with Crippen molar-refractivity contribution in [2.24, 2.45) is 10.9 Å². The van der Waals surface area contributed by atoms with E-state index in [9.17, 15) is 4.39 Å². The highest BCUT2D eigenvalue weighted by molar-refractivity contribution is 5.79. The van der Waals surface area contributed by atoms with Gasteiger partial charge in [-0.2, -0.15) is 0 Å². The van der Waals surface area contributed by atoms with Crippen LogP contribution in [0.1, 0.15) is 30.4 Å². The third-order valence-corrected chi connectivity index (χ3v) is 4.65. The van der Waals surface area contributed by atoms with Gasteiger partial charge in [-0.25, -0.2) is 4.39 Å². The summed E-state index contributed by atoms with van der Waals surface area (Å²) in [6.07, 6.45) is 3.45. The van der Waals surface area contributed by atoms with E-state index in [0.29, 0.717) is 12.1 Å². The Hall–Kier alpha value is -1.66. The molecule has 25 heavy (non-hydrogen) atoms. The first-order valence-electron chi connectivity index (χ1n) is 8.89. The van der Waals surface area contributed by atoms with Crippen LogP contribution in [0.4, 0.5) is 4.39 Å². The second kappa shape index (κ2) is 10.4. The molecule has 6 heteroatoms. The molecule has 5 nitrogen and oxygen atoms in total. The summed E-state index contributed by atoms with van der Waals surface area (Å²) in [6, 6.07) is 5.11. The molecule has 1 aliphatic heterocycles. The SMILES string of the molecule is CN=C(NCc1ccc(F)c(COC)c1)N(C)CCC1CCOCC1. The van der Waals surface area contributed by atoms with Crippen LogP contribution in [0.3, 0.4) is 0 Å². The van der Waals surface area contributed by atoms with Crippen molar-refractivity contribution in [3.8, 4) is 0 Å². The zero-order valence-electron chi connectivity index (χ0n) is 15.6. The number of hydrogen-bond acceptors (Lipinski definition) is 3. The van der Waals surface area contributed by atoms with Crippen molar-refractivity contribution in [3.63, 3.8) is 0 Å². The summed E-state index contributed by atoms with van der Waals surface area (Å²) in [5.41, 5.74) is 1.58. The number of halogens is 1. The van der Waals surface area contributed by atoms with E-state index in [4.69, 9.17) is 9.47 Å². The molecule has 1 N–H and O–H groups in total. The van der Waals surface area contributed by atoms with Crippen LogP contribution in [0.2, 0.25) is 0 Å². The van der Waals surface area contributed by atoms with Crippen LogP contribution in [0.5, 0.6) is 0 Å². The summed E-state index contributed by atoms with van der Waals surface area (Å²) >= 11 is 0. The van der Waals surface area contributed by atoms with Crippen molar-refractivity contribution < 1.29 is 13.9 Å². The fourth-order valence-electron chi connectivity index (χ4n) is 3.09. The lowest BCUT2D eigenvalue weighted by molar-refractivity contribution is 0.0625. The highest BCUT2D eigenvalue weighted by Crippen LogP contribution is 2.18. The zero-order valence-corrected chi connectivity index (χ0v) is 15.6. The molecular weight excluding hydrogens is 321 g/mol. The number of nitrogens with zero attached hydrogens (tertiary/aromatic N) is 2. The smallest absolute Gasteiger partial charge is 0.193 e. The van der Waals surface area contributed by atoms with Crippen LogP contribution < -0.4 is 5.32 Å². The minimum absolute atomic E-state index is 0.233. The third-order valence-electron chi connectivity index (χ3n) is 4.65. The Morgan fingerprint density at radius 2 is 2.16 bits per heavy atom. The molecular formula is C19H30FN3O2. The first-order valence-corrected chi connectivity index (χ1v) is 8.89. The highest BCUT2D eigenvalue weighted by Gasteiger charge is 2.15. The number of aliphatic imine (C=N–C) groups is 1. The van der Waals surface area contributed by atoms with Crippen molar-refractivity contribution in [1.82, 2.24) is 10.2 Å². The van der Waals surface area contributed by atoms with Gasteiger partial charge in [0, 0.05) is 53.1 Å². The van der Waals surface area contributed by atoms with Gasteiger partial charge in [-0.1, -0.05) is 6.07 Å². The summed E-state index contributed by atoms with van der Waals surface area (Å²) in [5, 5.41) is 3.35. The lowest BCUT2D eigenvalue weighted by atomic mass is 9.96. The van der Waals surface area contributed by atoms with E-state index in [-0.39, 0.29) is 12.4 Å². The summed E-state index contributed by atoms with van der Waals surface area (Å²) < 4.78 is 24.1. The summed E-state index contributed by atoms with van der Waals surface area (Å²) in [7, 11) is 5.41. The molecule has 1 saturated heterocycles. The van der Waals surface area contributed by atoms with Gasteiger partial charge in [-0.05, 0) is 42.9 Å². The fourth-order valence-corrected chi connectivity index (χ4v) is 3.09. The molecule has 0 atom stereocenters. The van der Waals surface area contributed by atoms with Gasteiger partial charge in [-0.3, -0.25) is 4.99 Å². The number of rotatable bonds is 7. The van der Waals surface area contributed by atoms with E-state index in [1.807, 2.05) is 6.07 Å². The Morgan fingerprint density at radius 3 is 2.84 bits per heavy atom. The first-order chi connectivity index (χ1) is 12.1. The van der Waals surface area contributed by atoms with Gasteiger partial charge >= 0.3 is 0 Å². The molecule has 0 bridgehead atoms. The standard InChI is InChI=1S/C19H30FN3O2/c1-21-19(23(2)9-6-15-7-10-25-11-8-15)22-13-16-4-5-18(20)17(12-16)14-24-3/h4-5,12,15H,6-11,13-14H2,1-3H3,(H,21,22). The van der Waals surface area contributed by atoms with Crippen LogP contribution >= 0.6 is 0 Å². The molecule has 0 unspecified atom stereocenters. The second-order valence-electron chi connectivity index (χ2n) is 6.53. The summed E-state index contributed by atoms with van der Waals surface area (Å²) in [6.45, 7) is 3.61. The number of methoxy groups -OCH3 is 1. The molecule has 0 aromatic heterocycles. The van der Waals surface area contributed by atoms with Crippen LogP contribution in [0.15, 0.2) is 23.2 Å². The van der Waals surface area contributed by atoms with E-state index < -0.39 is 0 Å². The Balaban J connectivity index is 1.83. The van der Waals surface area contributed by atoms with Crippen molar-refractivity contribution in [3.05, 3.63) is 35.1 Å². The molecule has 0 aliphatic carbocycles. The molecule has 1 aliphatic rings. The van der Waals surface area contributed by atoms with Crippen molar-refractivity contribution >= 4 is 5.96 Å². The van der Waals surface area contributed by atoms with Crippen LogP contribution in [0, 0.1) is 11.7 Å². The van der Waals surface area contributed by atoms with Gasteiger partial charge in [0.1, 0.15) is 5.82 Å². The predicted octanol–water partition coefficient (Wildman–Crippen LogP) is 2.80. The maximum Gasteiger partial charge on any atom is 0.193 e. The van der Waals surface area contributed by atoms with E-state index in [1.54, 1.807) is 20.2 Å². The lowest BCUT2D eigenvalue weighted by Gasteiger charge is -2.27. The van der Waals surface area contributed by atoms with Crippen LogP contribution in [-0.4, -0.2) is 51.8 Å². The number of guanidine groups is 1. The molecule has 0 radical (unpaired) electrons. The predicted molar refractivity (Wildman–Crippen MR) is 98.1 cm³/mol. The molecule has 1 aromatic rings. The van der Waals surface area contributed by atoms with E-state index in [1.165, 1.54) is 6.07 Å². The summed E-state index contributed by atoms with van der Waals surface area (Å²) in [4.78, 5) is 6.50. The first kappa shape index (κ1) is 19.7. The number of nitrogens with one attached hydrogen (secondary N) is 1. The minimum atomic E-state index is -0.233. The van der Waals surface area contributed by atoms with Crippen molar-refractivity contribution in [2.75, 3.05) is 41.0 Å². The van der Waals surface area contributed by atoms with E-state index >= 15 is 0 Å². The van der Waals surface area contributed by atoms with Gasteiger partial charge in [0.25, 0.3) is 0 Å². The third kappa shape index (κ3) is 6.29. The Bertz CT molecular complexity index is 560. The molecule has 0 saturated carbocycles. The molecule has 140 valence electrons. The number of ether oxygens (including phenoxy) is 2. The van der Waals surface area contributed by atoms with Gasteiger partial charge in [0.2, 0.25) is 0 Å². The maximum absolute atomic E-state index is 13.7. The van der Waals surface area contributed by atoms with Crippen LogP contribution in [-0.2, 0) is 22.6 Å². The lowest BCUT2D eigenvalue weighted by Crippen LogP contribution is -2.39. The monoisotopic (exact) mass is 351 g/mol. The molecule has 1 heterocycles. The second-order valence-corrected chi connectivity index (χ2v) is 6.53. The highest BCUT2D eigenvalue weighted by atomic mass is 19.1.